The maximum absolute atomic E-state index is 12.6. The highest BCUT2D eigenvalue weighted by Crippen LogP contribution is 2.17. The van der Waals surface area contributed by atoms with Gasteiger partial charge in [-0.15, -0.1) is 11.3 Å². The van der Waals surface area contributed by atoms with Gasteiger partial charge in [-0.1, -0.05) is 36.4 Å². The molecule has 4 nitrogen and oxygen atoms in total. The van der Waals surface area contributed by atoms with Gasteiger partial charge in [0.05, 0.1) is 12.6 Å². The third kappa shape index (κ3) is 4.81. The van der Waals surface area contributed by atoms with Crippen molar-refractivity contribution >= 4 is 17.4 Å². The molecule has 0 aliphatic carbocycles. The molecular weight excluding hydrogens is 308 g/mol. The lowest BCUT2D eigenvalue weighted by atomic mass is 10.2. The zero-order valence-electron chi connectivity index (χ0n) is 13.1. The number of ether oxygens (including phenoxy) is 1. The van der Waals surface area contributed by atoms with Gasteiger partial charge in [0.15, 0.2) is 0 Å². The Labute approximate surface area is 141 Å². The smallest absolute Gasteiger partial charge is 0.318 e. The number of rotatable bonds is 6. The minimum atomic E-state index is -0.0299. The van der Waals surface area contributed by atoms with E-state index in [-0.39, 0.29) is 12.1 Å². The molecular formula is C18H22N2O2S. The lowest BCUT2D eigenvalue weighted by Gasteiger charge is -2.25. The van der Waals surface area contributed by atoms with Gasteiger partial charge in [-0.3, -0.25) is 0 Å². The predicted molar refractivity (Wildman–Crippen MR) is 92.4 cm³/mol. The molecule has 1 aromatic carbocycles. The second-order valence-electron chi connectivity index (χ2n) is 5.74. The van der Waals surface area contributed by atoms with Crippen LogP contribution < -0.4 is 5.32 Å². The van der Waals surface area contributed by atoms with Gasteiger partial charge >= 0.3 is 6.03 Å². The quantitative estimate of drug-likeness (QED) is 0.878. The van der Waals surface area contributed by atoms with E-state index in [2.05, 4.69) is 11.4 Å². The van der Waals surface area contributed by atoms with Crippen molar-refractivity contribution in [3.8, 4) is 0 Å². The lowest BCUT2D eigenvalue weighted by Crippen LogP contribution is -2.42. The molecule has 1 saturated heterocycles. The Morgan fingerprint density at radius 3 is 2.83 bits per heavy atom. The van der Waals surface area contributed by atoms with Gasteiger partial charge in [0.2, 0.25) is 0 Å². The summed E-state index contributed by atoms with van der Waals surface area (Å²) in [6.45, 7) is 2.64. The summed E-state index contributed by atoms with van der Waals surface area (Å²) in [5.74, 6) is 0. The number of carbonyl (C=O) groups is 1. The van der Waals surface area contributed by atoms with Gasteiger partial charge in [-0.05, 0) is 29.9 Å². The van der Waals surface area contributed by atoms with E-state index in [4.69, 9.17) is 4.74 Å². The van der Waals surface area contributed by atoms with E-state index in [0.29, 0.717) is 19.6 Å². The zero-order valence-corrected chi connectivity index (χ0v) is 13.9. The molecule has 0 radical (unpaired) electrons. The van der Waals surface area contributed by atoms with Crippen LogP contribution in [0.15, 0.2) is 47.8 Å². The van der Waals surface area contributed by atoms with E-state index in [1.807, 2.05) is 46.7 Å². The Balaban J connectivity index is 1.59. The molecule has 0 saturated carbocycles. The largest absolute Gasteiger partial charge is 0.376 e. The Bertz CT molecular complexity index is 595. The van der Waals surface area contributed by atoms with Gasteiger partial charge in [0, 0.05) is 24.6 Å². The predicted octanol–water partition coefficient (Wildman–Crippen LogP) is 3.64. The summed E-state index contributed by atoms with van der Waals surface area (Å²) in [4.78, 5) is 15.7. The topological polar surface area (TPSA) is 41.6 Å². The third-order valence-corrected chi connectivity index (χ3v) is 4.81. The molecule has 1 fully saturated rings. The molecule has 23 heavy (non-hydrogen) atoms. The van der Waals surface area contributed by atoms with Gasteiger partial charge in [0.25, 0.3) is 0 Å². The van der Waals surface area contributed by atoms with Crippen molar-refractivity contribution in [2.75, 3.05) is 13.2 Å². The highest BCUT2D eigenvalue weighted by atomic mass is 32.1. The molecule has 1 N–H and O–H groups in total. The first kappa shape index (κ1) is 16.0. The first-order valence-corrected chi connectivity index (χ1v) is 8.90. The van der Waals surface area contributed by atoms with E-state index in [1.54, 1.807) is 11.3 Å². The molecule has 5 heteroatoms. The van der Waals surface area contributed by atoms with Crippen molar-refractivity contribution in [2.45, 2.75) is 32.0 Å². The SMILES string of the molecule is O=C(NCc1ccccc1)N(Cc1cccs1)CC1CCCO1. The number of amides is 2. The number of hydrogen-bond donors (Lipinski definition) is 1. The van der Waals surface area contributed by atoms with Crippen molar-refractivity contribution in [1.82, 2.24) is 10.2 Å². The van der Waals surface area contributed by atoms with Crippen LogP contribution in [-0.4, -0.2) is 30.2 Å². The van der Waals surface area contributed by atoms with Crippen LogP contribution in [0.2, 0.25) is 0 Å². The fraction of sp³-hybridized carbons (Fsp3) is 0.389. The second-order valence-corrected chi connectivity index (χ2v) is 6.77. The normalized spacial score (nSPS) is 17.1. The summed E-state index contributed by atoms with van der Waals surface area (Å²) in [6, 6.07) is 14.0. The summed E-state index contributed by atoms with van der Waals surface area (Å²) in [6.07, 6.45) is 2.29. The highest BCUT2D eigenvalue weighted by molar-refractivity contribution is 7.09. The molecule has 2 heterocycles. The Morgan fingerprint density at radius 2 is 2.13 bits per heavy atom. The Kier molecular flexibility index (Phi) is 5.66. The molecule has 0 spiro atoms. The zero-order chi connectivity index (χ0) is 15.9. The maximum atomic E-state index is 12.6. The number of nitrogens with one attached hydrogen (secondary N) is 1. The van der Waals surface area contributed by atoms with E-state index < -0.39 is 0 Å². The highest BCUT2D eigenvalue weighted by Gasteiger charge is 2.22. The molecule has 1 aromatic heterocycles. The van der Waals surface area contributed by atoms with E-state index >= 15 is 0 Å². The van der Waals surface area contributed by atoms with Crippen LogP contribution in [0.25, 0.3) is 0 Å². The minimum Gasteiger partial charge on any atom is -0.376 e. The average Bonchev–Trinajstić information content (AvgIpc) is 3.27. The van der Waals surface area contributed by atoms with Crippen LogP contribution in [-0.2, 0) is 17.8 Å². The fourth-order valence-electron chi connectivity index (χ4n) is 2.73. The monoisotopic (exact) mass is 330 g/mol. The molecule has 1 unspecified atom stereocenters. The van der Waals surface area contributed by atoms with Crippen molar-refractivity contribution in [3.63, 3.8) is 0 Å². The lowest BCUT2D eigenvalue weighted by molar-refractivity contribution is 0.0796. The summed E-state index contributed by atoms with van der Waals surface area (Å²) in [5.41, 5.74) is 1.11. The summed E-state index contributed by atoms with van der Waals surface area (Å²) in [7, 11) is 0. The fourth-order valence-corrected chi connectivity index (χ4v) is 3.45. The molecule has 3 rings (SSSR count). The van der Waals surface area contributed by atoms with Gasteiger partial charge in [-0.2, -0.15) is 0 Å². The van der Waals surface area contributed by atoms with Crippen LogP contribution in [0.1, 0.15) is 23.3 Å². The van der Waals surface area contributed by atoms with Crippen LogP contribution in [0.5, 0.6) is 0 Å². The van der Waals surface area contributed by atoms with Crippen LogP contribution in [0.3, 0.4) is 0 Å². The molecule has 2 aromatic rings. The molecule has 1 atom stereocenters. The maximum Gasteiger partial charge on any atom is 0.318 e. The molecule has 1 aliphatic rings. The first-order valence-electron chi connectivity index (χ1n) is 8.02. The van der Waals surface area contributed by atoms with E-state index in [0.717, 1.165) is 25.0 Å². The van der Waals surface area contributed by atoms with Crippen molar-refractivity contribution < 1.29 is 9.53 Å². The summed E-state index contributed by atoms with van der Waals surface area (Å²) < 4.78 is 5.70. The Hall–Kier alpha value is -1.85. The third-order valence-electron chi connectivity index (χ3n) is 3.95. The number of hydrogen-bond acceptors (Lipinski definition) is 3. The Morgan fingerprint density at radius 1 is 1.26 bits per heavy atom. The number of thiophene rings is 1. The minimum absolute atomic E-state index is 0.0299. The van der Waals surface area contributed by atoms with Crippen LogP contribution >= 0.6 is 11.3 Å². The van der Waals surface area contributed by atoms with Gasteiger partial charge in [0.1, 0.15) is 0 Å². The second kappa shape index (κ2) is 8.13. The number of benzene rings is 1. The van der Waals surface area contributed by atoms with Crippen molar-refractivity contribution in [1.29, 1.82) is 0 Å². The van der Waals surface area contributed by atoms with E-state index in [1.165, 1.54) is 4.88 Å². The van der Waals surface area contributed by atoms with Crippen LogP contribution in [0.4, 0.5) is 4.79 Å². The number of carbonyl (C=O) groups excluding carboxylic acids is 1. The summed E-state index contributed by atoms with van der Waals surface area (Å²) >= 11 is 1.68. The number of urea groups is 1. The molecule has 1 aliphatic heterocycles. The standard InChI is InChI=1S/C18H22N2O2S/c21-18(19-12-15-6-2-1-3-7-15)20(13-16-8-4-10-22-16)14-17-9-5-11-23-17/h1-3,5-7,9,11,16H,4,8,10,12-14H2,(H,19,21). The van der Waals surface area contributed by atoms with Crippen molar-refractivity contribution in [3.05, 3.63) is 58.3 Å². The van der Waals surface area contributed by atoms with Crippen LogP contribution in [0, 0.1) is 0 Å². The van der Waals surface area contributed by atoms with Gasteiger partial charge < -0.3 is 15.0 Å². The first-order chi connectivity index (χ1) is 11.3. The molecule has 122 valence electrons. The van der Waals surface area contributed by atoms with E-state index in [9.17, 15) is 4.79 Å². The molecule has 2 amide bonds. The average molecular weight is 330 g/mol. The number of nitrogens with zero attached hydrogens (tertiary/aromatic N) is 1. The molecule has 0 bridgehead atoms. The van der Waals surface area contributed by atoms with Crippen molar-refractivity contribution in [2.24, 2.45) is 0 Å². The summed E-state index contributed by atoms with van der Waals surface area (Å²) in [5, 5.41) is 5.06. The van der Waals surface area contributed by atoms with Gasteiger partial charge in [-0.25, -0.2) is 4.79 Å².